The molecule has 1 aromatic heterocycles. The normalized spacial score (nSPS) is 14.4. The van der Waals surface area contributed by atoms with Gasteiger partial charge in [0, 0.05) is 16.8 Å². The third-order valence-corrected chi connectivity index (χ3v) is 6.09. The van der Waals surface area contributed by atoms with E-state index in [9.17, 15) is 14.4 Å². The first-order valence-electron chi connectivity index (χ1n) is 11.3. The number of benzene rings is 2. The molecular weight excluding hydrogens is 454 g/mol. The predicted molar refractivity (Wildman–Crippen MR) is 130 cm³/mol. The summed E-state index contributed by atoms with van der Waals surface area (Å²) < 4.78 is 5.10. The van der Waals surface area contributed by atoms with Gasteiger partial charge in [-0.3, -0.25) is 19.3 Å². The van der Waals surface area contributed by atoms with Gasteiger partial charge in [-0.25, -0.2) is 0 Å². The molecule has 0 radical (unpaired) electrons. The van der Waals surface area contributed by atoms with Crippen molar-refractivity contribution in [3.05, 3.63) is 89.3 Å². The maximum atomic E-state index is 13.6. The highest BCUT2D eigenvalue weighted by Gasteiger charge is 2.34. The molecule has 0 aliphatic heterocycles. The Kier molecular flexibility index (Phi) is 7.65. The fourth-order valence-electron chi connectivity index (χ4n) is 4.17. The monoisotopic (exact) mass is 479 g/mol. The van der Waals surface area contributed by atoms with E-state index < -0.39 is 17.9 Å². The minimum Gasteiger partial charge on any atom is -0.459 e. The molecule has 0 spiro atoms. The van der Waals surface area contributed by atoms with Crippen molar-refractivity contribution in [2.45, 2.75) is 37.8 Å². The largest absolute Gasteiger partial charge is 0.459 e. The fraction of sp³-hybridized carbons (Fsp3) is 0.269. The van der Waals surface area contributed by atoms with Crippen molar-refractivity contribution >= 4 is 35.0 Å². The number of anilines is 1. The van der Waals surface area contributed by atoms with E-state index in [2.05, 4.69) is 10.6 Å². The Hall–Kier alpha value is -3.58. The lowest BCUT2D eigenvalue weighted by Crippen LogP contribution is -2.49. The molecule has 4 rings (SSSR count). The lowest BCUT2D eigenvalue weighted by molar-refractivity contribution is -0.126. The molecule has 0 bridgehead atoms. The van der Waals surface area contributed by atoms with E-state index >= 15 is 0 Å². The standard InChI is InChI=1S/C26H26ClN3O4/c27-19-14-12-18(13-15-19)24(26(33)29-20-7-4-5-8-20)30(21-9-2-1-3-10-21)23(31)17-28-25(32)22-11-6-16-34-22/h1-3,6,9-16,20,24H,4-5,7-8,17H2,(H,28,32)(H,29,33). The van der Waals surface area contributed by atoms with Crippen molar-refractivity contribution in [2.24, 2.45) is 0 Å². The summed E-state index contributed by atoms with van der Waals surface area (Å²) in [6.07, 6.45) is 5.35. The van der Waals surface area contributed by atoms with Gasteiger partial charge in [-0.05, 0) is 54.8 Å². The zero-order chi connectivity index (χ0) is 23.9. The van der Waals surface area contributed by atoms with Crippen molar-refractivity contribution in [2.75, 3.05) is 11.4 Å². The molecule has 8 heteroatoms. The van der Waals surface area contributed by atoms with Crippen LogP contribution in [0.15, 0.2) is 77.4 Å². The van der Waals surface area contributed by atoms with Crippen LogP contribution in [0.25, 0.3) is 0 Å². The topological polar surface area (TPSA) is 91.7 Å². The quantitative estimate of drug-likeness (QED) is 0.497. The third-order valence-electron chi connectivity index (χ3n) is 5.84. The molecule has 1 unspecified atom stereocenters. The molecule has 176 valence electrons. The van der Waals surface area contributed by atoms with Crippen LogP contribution >= 0.6 is 11.6 Å². The van der Waals surface area contributed by atoms with Gasteiger partial charge < -0.3 is 15.1 Å². The Morgan fingerprint density at radius 1 is 0.971 bits per heavy atom. The number of carbonyl (C=O) groups excluding carboxylic acids is 3. The van der Waals surface area contributed by atoms with Gasteiger partial charge in [0.25, 0.3) is 5.91 Å². The Labute approximate surface area is 203 Å². The summed E-state index contributed by atoms with van der Waals surface area (Å²) in [6.45, 7) is -0.310. The second kappa shape index (κ2) is 11.0. The van der Waals surface area contributed by atoms with Crippen molar-refractivity contribution in [3.8, 4) is 0 Å². The van der Waals surface area contributed by atoms with Gasteiger partial charge >= 0.3 is 0 Å². The number of para-hydroxylation sites is 1. The van der Waals surface area contributed by atoms with Crippen molar-refractivity contribution in [1.29, 1.82) is 0 Å². The molecular formula is C26H26ClN3O4. The van der Waals surface area contributed by atoms with Gasteiger partial charge in [0.05, 0.1) is 12.8 Å². The summed E-state index contributed by atoms with van der Waals surface area (Å²) in [7, 11) is 0. The molecule has 3 aromatic rings. The number of carbonyl (C=O) groups is 3. The van der Waals surface area contributed by atoms with Crippen LogP contribution in [-0.2, 0) is 9.59 Å². The van der Waals surface area contributed by atoms with Gasteiger partial charge in [0.15, 0.2) is 5.76 Å². The zero-order valence-corrected chi connectivity index (χ0v) is 19.3. The minimum atomic E-state index is -0.937. The van der Waals surface area contributed by atoms with Gasteiger partial charge in [0.1, 0.15) is 6.04 Å². The Morgan fingerprint density at radius 2 is 1.68 bits per heavy atom. The molecule has 2 aromatic carbocycles. The van der Waals surface area contributed by atoms with Gasteiger partial charge in [-0.2, -0.15) is 0 Å². The summed E-state index contributed by atoms with van der Waals surface area (Å²) in [5.74, 6) is -1.12. The third kappa shape index (κ3) is 5.66. The van der Waals surface area contributed by atoms with Crippen LogP contribution in [0.4, 0.5) is 5.69 Å². The molecule has 1 atom stereocenters. The average molecular weight is 480 g/mol. The van der Waals surface area contributed by atoms with E-state index in [1.807, 2.05) is 6.07 Å². The summed E-state index contributed by atoms with van der Waals surface area (Å²) in [5, 5.41) is 6.23. The number of hydrogen-bond donors (Lipinski definition) is 2. The van der Waals surface area contributed by atoms with Gasteiger partial charge in [-0.15, -0.1) is 0 Å². The maximum absolute atomic E-state index is 13.6. The highest BCUT2D eigenvalue weighted by atomic mass is 35.5. The number of furan rings is 1. The van der Waals surface area contributed by atoms with Crippen molar-refractivity contribution in [3.63, 3.8) is 0 Å². The lowest BCUT2D eigenvalue weighted by atomic mass is 10.0. The Morgan fingerprint density at radius 3 is 2.32 bits per heavy atom. The minimum absolute atomic E-state index is 0.0775. The second-order valence-electron chi connectivity index (χ2n) is 8.20. The summed E-state index contributed by atoms with van der Waals surface area (Å²) in [5.41, 5.74) is 1.16. The van der Waals surface area contributed by atoms with Crippen LogP contribution in [-0.4, -0.2) is 30.3 Å². The van der Waals surface area contributed by atoms with Crippen LogP contribution in [0.3, 0.4) is 0 Å². The van der Waals surface area contributed by atoms with E-state index in [-0.39, 0.29) is 24.3 Å². The van der Waals surface area contributed by atoms with Crippen molar-refractivity contribution in [1.82, 2.24) is 10.6 Å². The molecule has 1 heterocycles. The fourth-order valence-corrected chi connectivity index (χ4v) is 4.30. The van der Waals surface area contributed by atoms with E-state index in [0.29, 0.717) is 16.3 Å². The van der Waals surface area contributed by atoms with E-state index in [4.69, 9.17) is 16.0 Å². The average Bonchev–Trinajstić information content (AvgIpc) is 3.57. The molecule has 34 heavy (non-hydrogen) atoms. The predicted octanol–water partition coefficient (Wildman–Crippen LogP) is 4.50. The highest BCUT2D eigenvalue weighted by Crippen LogP contribution is 2.30. The highest BCUT2D eigenvalue weighted by molar-refractivity contribution is 6.30. The van der Waals surface area contributed by atoms with E-state index in [1.54, 1.807) is 54.6 Å². The number of halogens is 1. The van der Waals surface area contributed by atoms with Crippen LogP contribution in [0.2, 0.25) is 5.02 Å². The van der Waals surface area contributed by atoms with Crippen LogP contribution < -0.4 is 15.5 Å². The Balaban J connectivity index is 1.65. The van der Waals surface area contributed by atoms with Crippen LogP contribution in [0, 0.1) is 0 Å². The lowest BCUT2D eigenvalue weighted by Gasteiger charge is -2.32. The smallest absolute Gasteiger partial charge is 0.287 e. The number of hydrogen-bond acceptors (Lipinski definition) is 4. The SMILES string of the molecule is O=C(NCC(=O)N(c1ccccc1)C(C(=O)NC1CCCC1)c1ccc(Cl)cc1)c1ccco1. The molecule has 1 aliphatic carbocycles. The van der Waals surface area contributed by atoms with E-state index in [0.717, 1.165) is 25.7 Å². The van der Waals surface area contributed by atoms with Crippen LogP contribution in [0.1, 0.15) is 47.8 Å². The molecule has 7 nitrogen and oxygen atoms in total. The number of rotatable bonds is 8. The zero-order valence-electron chi connectivity index (χ0n) is 18.6. The van der Waals surface area contributed by atoms with Crippen molar-refractivity contribution < 1.29 is 18.8 Å². The molecule has 1 aliphatic rings. The first kappa shape index (κ1) is 23.6. The number of nitrogens with zero attached hydrogens (tertiary/aromatic N) is 1. The van der Waals surface area contributed by atoms with E-state index in [1.165, 1.54) is 17.2 Å². The molecule has 2 N–H and O–H groups in total. The second-order valence-corrected chi connectivity index (χ2v) is 8.64. The first-order chi connectivity index (χ1) is 16.5. The number of amides is 3. The molecule has 1 saturated carbocycles. The van der Waals surface area contributed by atoms with Crippen LogP contribution in [0.5, 0.6) is 0 Å². The van der Waals surface area contributed by atoms with Gasteiger partial charge in [0.2, 0.25) is 11.8 Å². The molecule has 1 fully saturated rings. The summed E-state index contributed by atoms with van der Waals surface area (Å²) in [4.78, 5) is 40.9. The Bertz CT molecular complexity index is 1110. The molecule has 3 amide bonds. The summed E-state index contributed by atoms with van der Waals surface area (Å²) >= 11 is 6.09. The maximum Gasteiger partial charge on any atom is 0.287 e. The number of nitrogens with one attached hydrogen (secondary N) is 2. The van der Waals surface area contributed by atoms with Gasteiger partial charge in [-0.1, -0.05) is 54.8 Å². The first-order valence-corrected chi connectivity index (χ1v) is 11.7. The summed E-state index contributed by atoms with van der Waals surface area (Å²) in [6, 6.07) is 18.1. The molecule has 0 saturated heterocycles.